The van der Waals surface area contributed by atoms with Crippen molar-refractivity contribution in [1.29, 1.82) is 0 Å². The lowest BCUT2D eigenvalue weighted by Crippen LogP contribution is -2.61. The number of para-hydroxylation sites is 1. The number of rotatable bonds is 7. The number of nitrogens with zero attached hydrogens (tertiary/aromatic N) is 1. The molecule has 1 saturated heterocycles. The molecule has 8 nitrogen and oxygen atoms in total. The fourth-order valence-electron chi connectivity index (χ4n) is 4.16. The number of hydrogen-bond acceptors (Lipinski definition) is 4. The van der Waals surface area contributed by atoms with E-state index in [1.165, 1.54) is 11.3 Å². The number of carbonyl (C=O) groups is 4. The molecule has 30 heavy (non-hydrogen) atoms. The Balaban J connectivity index is 1.87. The van der Waals surface area contributed by atoms with Crippen LogP contribution in [0.25, 0.3) is 0 Å². The molecule has 162 valence electrons. The molecule has 1 aliphatic carbocycles. The standard InChI is InChI=1S/C22H30N4O4/c1-3-22(2,20(29)23-15-10-6-4-7-11-15)26(16-12-8-5-9-13-16)18(27)14-17-19(28)25-21(30)24-17/h5,8-9,12-13,15,17H,3-4,6-7,10-11,14H2,1-2H3,(H,23,29)(H2,24,25,28,30)/t17-,22-/m0/s1. The highest BCUT2D eigenvalue weighted by molar-refractivity contribution is 6.09. The number of hydrogen-bond donors (Lipinski definition) is 3. The van der Waals surface area contributed by atoms with E-state index in [1.807, 2.05) is 13.0 Å². The predicted molar refractivity (Wildman–Crippen MR) is 113 cm³/mol. The van der Waals surface area contributed by atoms with E-state index in [2.05, 4.69) is 16.0 Å². The number of benzene rings is 1. The summed E-state index contributed by atoms with van der Waals surface area (Å²) in [4.78, 5) is 51.6. The molecule has 5 amide bonds. The topological polar surface area (TPSA) is 108 Å². The molecule has 3 rings (SSSR count). The maximum atomic E-state index is 13.4. The summed E-state index contributed by atoms with van der Waals surface area (Å²) < 4.78 is 0. The van der Waals surface area contributed by atoms with Gasteiger partial charge in [0.05, 0.1) is 6.42 Å². The predicted octanol–water partition coefficient (Wildman–Crippen LogP) is 2.24. The van der Waals surface area contributed by atoms with Crippen LogP contribution in [0.4, 0.5) is 10.5 Å². The first-order chi connectivity index (χ1) is 14.3. The molecule has 1 heterocycles. The zero-order valence-corrected chi connectivity index (χ0v) is 17.6. The number of imide groups is 1. The fourth-order valence-corrected chi connectivity index (χ4v) is 4.16. The van der Waals surface area contributed by atoms with Crippen molar-refractivity contribution in [2.45, 2.75) is 76.4 Å². The van der Waals surface area contributed by atoms with Crippen molar-refractivity contribution in [2.75, 3.05) is 4.90 Å². The van der Waals surface area contributed by atoms with E-state index in [1.54, 1.807) is 31.2 Å². The van der Waals surface area contributed by atoms with Gasteiger partial charge in [-0.3, -0.25) is 24.6 Å². The highest BCUT2D eigenvalue weighted by Crippen LogP contribution is 2.30. The Bertz CT molecular complexity index is 807. The normalized spacial score (nSPS) is 21.3. The summed E-state index contributed by atoms with van der Waals surface area (Å²) in [5.74, 6) is -1.13. The van der Waals surface area contributed by atoms with E-state index in [0.29, 0.717) is 12.1 Å². The van der Waals surface area contributed by atoms with E-state index >= 15 is 0 Å². The zero-order valence-electron chi connectivity index (χ0n) is 17.6. The van der Waals surface area contributed by atoms with Crippen LogP contribution in [0.15, 0.2) is 30.3 Å². The van der Waals surface area contributed by atoms with Gasteiger partial charge in [0.1, 0.15) is 11.6 Å². The highest BCUT2D eigenvalue weighted by atomic mass is 16.2. The summed E-state index contributed by atoms with van der Waals surface area (Å²) in [5, 5.41) is 7.74. The van der Waals surface area contributed by atoms with Crippen LogP contribution >= 0.6 is 0 Å². The number of nitrogens with one attached hydrogen (secondary N) is 3. The van der Waals surface area contributed by atoms with Gasteiger partial charge in [-0.25, -0.2) is 4.79 Å². The van der Waals surface area contributed by atoms with E-state index in [-0.39, 0.29) is 18.4 Å². The lowest BCUT2D eigenvalue weighted by molar-refractivity contribution is -0.131. The number of amides is 5. The third-order valence-corrected chi connectivity index (χ3v) is 6.11. The molecule has 1 aromatic rings. The SMILES string of the molecule is CC[C@@](C)(C(=O)NC1CCCCC1)N(C(=O)C[C@@H]1NC(=O)NC1=O)c1ccccc1. The summed E-state index contributed by atoms with van der Waals surface area (Å²) in [6.45, 7) is 3.62. The second-order valence-electron chi connectivity index (χ2n) is 8.22. The molecule has 8 heteroatoms. The second-order valence-corrected chi connectivity index (χ2v) is 8.22. The highest BCUT2D eigenvalue weighted by Gasteiger charge is 2.44. The largest absolute Gasteiger partial charge is 0.351 e. The van der Waals surface area contributed by atoms with Gasteiger partial charge in [-0.1, -0.05) is 44.4 Å². The van der Waals surface area contributed by atoms with Crippen molar-refractivity contribution in [3.63, 3.8) is 0 Å². The molecule has 0 radical (unpaired) electrons. The van der Waals surface area contributed by atoms with Crippen LogP contribution in [0.3, 0.4) is 0 Å². The van der Waals surface area contributed by atoms with E-state index in [0.717, 1.165) is 25.7 Å². The Morgan fingerprint density at radius 2 is 1.80 bits per heavy atom. The van der Waals surface area contributed by atoms with Crippen LogP contribution in [0.2, 0.25) is 0 Å². The minimum atomic E-state index is -1.13. The average molecular weight is 415 g/mol. The van der Waals surface area contributed by atoms with E-state index < -0.39 is 29.4 Å². The smallest absolute Gasteiger partial charge is 0.322 e. The molecule has 2 fully saturated rings. The Labute approximate surface area is 176 Å². The summed E-state index contributed by atoms with van der Waals surface area (Å²) in [6, 6.07) is 7.53. The molecule has 0 aromatic heterocycles. The van der Waals surface area contributed by atoms with Gasteiger partial charge in [0.25, 0.3) is 5.91 Å². The number of urea groups is 1. The molecule has 2 aliphatic rings. The first-order valence-corrected chi connectivity index (χ1v) is 10.7. The van der Waals surface area contributed by atoms with Crippen molar-refractivity contribution in [3.05, 3.63) is 30.3 Å². The monoisotopic (exact) mass is 414 g/mol. The van der Waals surface area contributed by atoms with Crippen LogP contribution in [-0.2, 0) is 14.4 Å². The summed E-state index contributed by atoms with van der Waals surface area (Å²) in [5.41, 5.74) is -0.551. The maximum absolute atomic E-state index is 13.4. The van der Waals surface area contributed by atoms with Gasteiger partial charge in [-0.2, -0.15) is 0 Å². The third-order valence-electron chi connectivity index (χ3n) is 6.11. The van der Waals surface area contributed by atoms with Gasteiger partial charge in [-0.15, -0.1) is 0 Å². The van der Waals surface area contributed by atoms with Crippen molar-refractivity contribution >= 4 is 29.4 Å². The Morgan fingerprint density at radius 1 is 1.13 bits per heavy atom. The number of anilines is 1. The summed E-state index contributed by atoms with van der Waals surface area (Å²) in [7, 11) is 0. The number of carbonyl (C=O) groups excluding carboxylic acids is 4. The molecule has 3 N–H and O–H groups in total. The third kappa shape index (κ3) is 4.63. The molecule has 2 atom stereocenters. The van der Waals surface area contributed by atoms with E-state index in [9.17, 15) is 19.2 Å². The molecule has 0 unspecified atom stereocenters. The first kappa shape index (κ1) is 21.8. The zero-order chi connectivity index (χ0) is 21.7. The minimum Gasteiger partial charge on any atom is -0.351 e. The van der Waals surface area contributed by atoms with Gasteiger partial charge in [0.15, 0.2) is 0 Å². The molecular weight excluding hydrogens is 384 g/mol. The fraction of sp³-hybridized carbons (Fsp3) is 0.545. The molecule has 0 bridgehead atoms. The van der Waals surface area contributed by atoms with E-state index in [4.69, 9.17) is 0 Å². The molecule has 1 aliphatic heterocycles. The summed E-state index contributed by atoms with van der Waals surface area (Å²) >= 11 is 0. The Morgan fingerprint density at radius 3 is 2.37 bits per heavy atom. The molecule has 1 aromatic carbocycles. The Hall–Kier alpha value is -2.90. The van der Waals surface area contributed by atoms with Crippen molar-refractivity contribution in [3.8, 4) is 0 Å². The van der Waals surface area contributed by atoms with Crippen molar-refractivity contribution < 1.29 is 19.2 Å². The summed E-state index contributed by atoms with van der Waals surface area (Å²) in [6.07, 6.45) is 5.42. The van der Waals surface area contributed by atoms with Crippen LogP contribution in [0.5, 0.6) is 0 Å². The Kier molecular flexibility index (Phi) is 6.74. The second kappa shape index (κ2) is 9.28. The van der Waals surface area contributed by atoms with Crippen LogP contribution in [0, 0.1) is 0 Å². The molecule has 0 spiro atoms. The average Bonchev–Trinajstić information content (AvgIpc) is 3.06. The van der Waals surface area contributed by atoms with Gasteiger partial charge in [0, 0.05) is 11.7 Å². The maximum Gasteiger partial charge on any atom is 0.322 e. The quantitative estimate of drug-likeness (QED) is 0.595. The molecular formula is C22H30N4O4. The van der Waals surface area contributed by atoms with Crippen LogP contribution < -0.4 is 20.9 Å². The lowest BCUT2D eigenvalue weighted by atomic mass is 9.90. The van der Waals surface area contributed by atoms with Crippen LogP contribution in [-0.4, -0.2) is 41.4 Å². The molecule has 1 saturated carbocycles. The lowest BCUT2D eigenvalue weighted by Gasteiger charge is -2.41. The van der Waals surface area contributed by atoms with Gasteiger partial charge in [-0.05, 0) is 38.3 Å². The van der Waals surface area contributed by atoms with Crippen molar-refractivity contribution in [1.82, 2.24) is 16.0 Å². The van der Waals surface area contributed by atoms with Gasteiger partial charge >= 0.3 is 6.03 Å². The van der Waals surface area contributed by atoms with Gasteiger partial charge < -0.3 is 10.6 Å². The first-order valence-electron chi connectivity index (χ1n) is 10.7. The van der Waals surface area contributed by atoms with Gasteiger partial charge in [0.2, 0.25) is 11.8 Å². The van der Waals surface area contributed by atoms with Crippen LogP contribution in [0.1, 0.15) is 58.8 Å². The minimum absolute atomic E-state index is 0.116. The van der Waals surface area contributed by atoms with Crippen molar-refractivity contribution in [2.24, 2.45) is 0 Å².